The van der Waals surface area contributed by atoms with Gasteiger partial charge in [-0.1, -0.05) is 57.7 Å². The van der Waals surface area contributed by atoms with Gasteiger partial charge in [0.2, 0.25) is 0 Å². The molecule has 4 heteroatoms. The van der Waals surface area contributed by atoms with E-state index < -0.39 is 0 Å². The van der Waals surface area contributed by atoms with E-state index in [1.165, 1.54) is 39.3 Å². The molecule has 0 unspecified atom stereocenters. The highest BCUT2D eigenvalue weighted by molar-refractivity contribution is 14.1. The van der Waals surface area contributed by atoms with Crippen LogP contribution in [0.2, 0.25) is 0 Å². The molecule has 3 fully saturated rings. The molecule has 124 valence electrons. The SMILES string of the molecule is C.CC.CC1CN(C)C1.CC1CNC1.CN1CC(I)C1. The van der Waals surface area contributed by atoms with Gasteiger partial charge in [0.25, 0.3) is 0 Å². The highest BCUT2D eigenvalue weighted by Gasteiger charge is 2.18. The van der Waals surface area contributed by atoms with Gasteiger partial charge in [0, 0.05) is 30.1 Å². The lowest BCUT2D eigenvalue weighted by Gasteiger charge is -2.33. The van der Waals surface area contributed by atoms with Gasteiger partial charge >= 0.3 is 0 Å². The van der Waals surface area contributed by atoms with Crippen molar-refractivity contribution in [2.75, 3.05) is 53.4 Å². The quantitative estimate of drug-likeness (QED) is 0.499. The molecule has 0 amide bonds. The molecule has 3 aliphatic rings. The second kappa shape index (κ2) is 13.3. The predicted molar refractivity (Wildman–Crippen MR) is 102 cm³/mol. The van der Waals surface area contributed by atoms with Gasteiger partial charge in [0.1, 0.15) is 0 Å². The van der Waals surface area contributed by atoms with Crippen LogP contribution < -0.4 is 5.32 Å². The summed E-state index contributed by atoms with van der Waals surface area (Å²) >= 11 is 2.47. The molecule has 0 aliphatic carbocycles. The summed E-state index contributed by atoms with van der Waals surface area (Å²) < 4.78 is 0.938. The first kappa shape index (κ1) is 22.9. The maximum atomic E-state index is 3.16. The summed E-state index contributed by atoms with van der Waals surface area (Å²) in [6, 6.07) is 0. The maximum absolute atomic E-state index is 3.16. The lowest BCUT2D eigenvalue weighted by molar-refractivity contribution is 0.149. The molecule has 0 saturated carbocycles. The smallest absolute Gasteiger partial charge is 0.0364 e. The van der Waals surface area contributed by atoms with E-state index in [9.17, 15) is 0 Å². The van der Waals surface area contributed by atoms with Crippen LogP contribution in [-0.2, 0) is 0 Å². The third-order valence-electron chi connectivity index (χ3n) is 3.25. The fourth-order valence-corrected chi connectivity index (χ4v) is 3.41. The van der Waals surface area contributed by atoms with Crippen molar-refractivity contribution < 1.29 is 0 Å². The molecule has 0 radical (unpaired) electrons. The number of nitrogens with zero attached hydrogens (tertiary/aromatic N) is 2. The Hall–Kier alpha value is 0.610. The van der Waals surface area contributed by atoms with Crippen molar-refractivity contribution in [1.82, 2.24) is 15.1 Å². The molecule has 0 aromatic heterocycles. The van der Waals surface area contributed by atoms with Gasteiger partial charge in [-0.2, -0.15) is 0 Å². The van der Waals surface area contributed by atoms with Gasteiger partial charge in [-0.15, -0.1) is 0 Å². The Bertz CT molecular complexity index is 170. The Morgan fingerprint density at radius 1 is 0.850 bits per heavy atom. The highest BCUT2D eigenvalue weighted by Crippen LogP contribution is 2.12. The zero-order valence-corrected chi connectivity index (χ0v) is 15.9. The van der Waals surface area contributed by atoms with Crippen LogP contribution in [0.3, 0.4) is 0 Å². The van der Waals surface area contributed by atoms with Gasteiger partial charge in [0.05, 0.1) is 0 Å². The van der Waals surface area contributed by atoms with Gasteiger partial charge in [-0.05, 0) is 39.0 Å². The molecule has 3 nitrogen and oxygen atoms in total. The lowest BCUT2D eigenvalue weighted by atomic mass is 10.1. The van der Waals surface area contributed by atoms with Crippen LogP contribution in [0.1, 0.15) is 35.1 Å². The largest absolute Gasteiger partial charge is 0.316 e. The standard InChI is InChI=1S/C5H11N.C4H8IN.C4H9N.C2H6.CH4/c1-5-3-6(2)4-5;1-6-2-4(5)3-6;1-4-2-5-3-4;1-2;/h5H,3-4H2,1-2H3;4H,2-3H2,1H3;4-5H,2-3H2,1H3;1-2H3;1H4. The Morgan fingerprint density at radius 2 is 1.20 bits per heavy atom. The fraction of sp³-hybridized carbons (Fsp3) is 1.00. The van der Waals surface area contributed by atoms with Gasteiger partial charge in [-0.25, -0.2) is 0 Å². The van der Waals surface area contributed by atoms with Gasteiger partial charge < -0.3 is 15.1 Å². The van der Waals surface area contributed by atoms with Crippen molar-refractivity contribution in [1.29, 1.82) is 0 Å². The monoisotopic (exact) mass is 399 g/mol. The minimum absolute atomic E-state index is 0. The predicted octanol–water partition coefficient (Wildman–Crippen LogP) is 3.19. The summed E-state index contributed by atoms with van der Waals surface area (Å²) in [6.07, 6.45) is 0. The van der Waals surface area contributed by atoms with E-state index >= 15 is 0 Å². The molecule has 0 atom stereocenters. The van der Waals surface area contributed by atoms with E-state index in [2.05, 4.69) is 65.7 Å². The maximum Gasteiger partial charge on any atom is 0.0364 e. The average molecular weight is 399 g/mol. The number of alkyl halides is 1. The minimum atomic E-state index is 0. The number of hydrogen-bond acceptors (Lipinski definition) is 3. The van der Waals surface area contributed by atoms with Gasteiger partial charge in [-0.3, -0.25) is 0 Å². The van der Waals surface area contributed by atoms with E-state index in [4.69, 9.17) is 0 Å². The van der Waals surface area contributed by atoms with Crippen LogP contribution in [0.5, 0.6) is 0 Å². The number of hydrogen-bond donors (Lipinski definition) is 1. The zero-order chi connectivity index (χ0) is 14.8. The second-order valence-electron chi connectivity index (χ2n) is 5.91. The normalized spacial score (nSPS) is 22.9. The Labute approximate surface area is 142 Å². The first-order valence-electron chi connectivity index (χ1n) is 7.69. The van der Waals surface area contributed by atoms with Crippen molar-refractivity contribution in [2.45, 2.75) is 39.0 Å². The van der Waals surface area contributed by atoms with Crippen LogP contribution in [-0.4, -0.2) is 67.1 Å². The highest BCUT2D eigenvalue weighted by atomic mass is 127. The summed E-state index contributed by atoms with van der Waals surface area (Å²) in [5, 5.41) is 3.16. The zero-order valence-electron chi connectivity index (χ0n) is 13.7. The van der Waals surface area contributed by atoms with E-state index in [0.717, 1.165) is 15.8 Å². The van der Waals surface area contributed by atoms with E-state index in [-0.39, 0.29) is 7.43 Å². The molecule has 0 spiro atoms. The molecule has 0 bridgehead atoms. The molecule has 3 rings (SSSR count). The molecule has 3 aliphatic heterocycles. The molecule has 20 heavy (non-hydrogen) atoms. The van der Waals surface area contributed by atoms with Crippen molar-refractivity contribution in [2.24, 2.45) is 11.8 Å². The van der Waals surface area contributed by atoms with Crippen LogP contribution in [0.4, 0.5) is 0 Å². The lowest BCUT2D eigenvalue weighted by Crippen LogP contribution is -2.44. The number of halogens is 1. The number of rotatable bonds is 0. The summed E-state index contributed by atoms with van der Waals surface area (Å²) in [7, 11) is 4.30. The topological polar surface area (TPSA) is 18.5 Å². The summed E-state index contributed by atoms with van der Waals surface area (Å²) in [5.41, 5.74) is 0. The fourth-order valence-electron chi connectivity index (χ4n) is 2.07. The molecular weight excluding hydrogens is 361 g/mol. The van der Waals surface area contributed by atoms with E-state index in [1.54, 1.807) is 0 Å². The van der Waals surface area contributed by atoms with Crippen molar-refractivity contribution in [3.8, 4) is 0 Å². The Kier molecular flexibility index (Phi) is 15.2. The summed E-state index contributed by atoms with van der Waals surface area (Å²) in [5.74, 6) is 1.92. The summed E-state index contributed by atoms with van der Waals surface area (Å²) in [6.45, 7) is 16.2. The van der Waals surface area contributed by atoms with Crippen molar-refractivity contribution in [3.05, 3.63) is 0 Å². The number of likely N-dealkylation sites (tertiary alicyclic amines) is 2. The van der Waals surface area contributed by atoms with E-state index in [1.807, 2.05) is 13.8 Å². The van der Waals surface area contributed by atoms with Crippen molar-refractivity contribution in [3.63, 3.8) is 0 Å². The Balaban J connectivity index is 0. The summed E-state index contributed by atoms with van der Waals surface area (Å²) in [4.78, 5) is 4.64. The molecule has 3 heterocycles. The third kappa shape index (κ3) is 11.3. The Morgan fingerprint density at radius 3 is 1.20 bits per heavy atom. The number of nitrogens with one attached hydrogen (secondary N) is 1. The van der Waals surface area contributed by atoms with Gasteiger partial charge in [0.15, 0.2) is 0 Å². The van der Waals surface area contributed by atoms with Crippen LogP contribution >= 0.6 is 22.6 Å². The third-order valence-corrected chi connectivity index (χ3v) is 4.04. The molecule has 0 aromatic rings. The van der Waals surface area contributed by atoms with Crippen LogP contribution in [0.25, 0.3) is 0 Å². The second-order valence-corrected chi connectivity index (χ2v) is 7.67. The molecular formula is C16H38IN3. The van der Waals surface area contributed by atoms with Crippen molar-refractivity contribution >= 4 is 22.6 Å². The molecule has 0 aromatic carbocycles. The van der Waals surface area contributed by atoms with Crippen LogP contribution in [0, 0.1) is 11.8 Å². The molecule has 1 N–H and O–H groups in total. The van der Waals surface area contributed by atoms with E-state index in [0.29, 0.717) is 0 Å². The first-order valence-corrected chi connectivity index (χ1v) is 8.93. The average Bonchev–Trinajstić information content (AvgIpc) is 2.28. The van der Waals surface area contributed by atoms with Crippen LogP contribution in [0.15, 0.2) is 0 Å². The molecule has 3 saturated heterocycles. The minimum Gasteiger partial charge on any atom is -0.316 e. The first-order chi connectivity index (χ1) is 8.97.